The molecule has 3 aromatic rings. The minimum absolute atomic E-state index is 0.104. The van der Waals surface area contributed by atoms with E-state index in [9.17, 15) is 18.8 Å². The number of likely N-dealkylation sites (tertiary alicyclic amines) is 1. The molecule has 9 nitrogen and oxygen atoms in total. The number of Topliss-reactive ketones (excluding diaryl/α,β-unsaturated/α-hetero) is 1. The minimum atomic E-state index is -0.628. The Morgan fingerprint density at radius 2 is 1.86 bits per heavy atom. The van der Waals surface area contributed by atoms with Crippen molar-refractivity contribution in [3.05, 3.63) is 65.5 Å². The fourth-order valence-electron chi connectivity index (χ4n) is 4.21. The molecule has 4 rings (SSSR count). The molecule has 0 saturated carbocycles. The molecule has 10 heteroatoms. The van der Waals surface area contributed by atoms with E-state index in [1.165, 1.54) is 19.2 Å². The van der Waals surface area contributed by atoms with Crippen molar-refractivity contribution in [1.29, 1.82) is 0 Å². The number of halogens is 1. The molecule has 0 radical (unpaired) electrons. The van der Waals surface area contributed by atoms with Crippen LogP contribution in [-0.2, 0) is 4.74 Å². The van der Waals surface area contributed by atoms with Crippen LogP contribution in [0.3, 0.4) is 0 Å². The van der Waals surface area contributed by atoms with E-state index < -0.39 is 23.4 Å². The number of nitrogens with one attached hydrogen (secondary N) is 2. The Bertz CT molecular complexity index is 1310. The quantitative estimate of drug-likeness (QED) is 0.439. The number of rotatable bonds is 5. The largest absolute Gasteiger partial charge is 0.444 e. The highest BCUT2D eigenvalue weighted by atomic mass is 19.1. The van der Waals surface area contributed by atoms with Gasteiger partial charge in [0.1, 0.15) is 28.8 Å². The molecule has 1 saturated heterocycles. The molecule has 3 heterocycles. The molecule has 1 aromatic carbocycles. The van der Waals surface area contributed by atoms with Crippen LogP contribution in [0.5, 0.6) is 0 Å². The standard InChI is InChI=1S/C27H30FN5O4/c1-16(34)22-23(17-8-10-18(11-9-17)25(35)30-21-15-19(28)12-13-29-21)32-24(31-22)20-7-5-6-14-33(20)26(36)37-27(2,3)4/h8-13,15,20H,5-7,14H2,1-4H3,(H,31,32)(H,29,30,35)/t20-/m0/s1. The van der Waals surface area contributed by atoms with E-state index in [1.54, 1.807) is 29.2 Å². The summed E-state index contributed by atoms with van der Waals surface area (Å²) in [5.41, 5.74) is 1.10. The maximum atomic E-state index is 13.4. The monoisotopic (exact) mass is 507 g/mol. The van der Waals surface area contributed by atoms with Crippen LogP contribution in [0.15, 0.2) is 42.6 Å². The summed E-state index contributed by atoms with van der Waals surface area (Å²) in [6.45, 7) is 7.44. The lowest BCUT2D eigenvalue weighted by atomic mass is 10.0. The zero-order valence-corrected chi connectivity index (χ0v) is 21.3. The molecule has 0 spiro atoms. The van der Waals surface area contributed by atoms with Crippen LogP contribution in [0.4, 0.5) is 15.0 Å². The first kappa shape index (κ1) is 26.0. The second-order valence-corrected chi connectivity index (χ2v) is 9.98. The molecule has 194 valence electrons. The second kappa shape index (κ2) is 10.5. The van der Waals surface area contributed by atoms with Gasteiger partial charge in [0.15, 0.2) is 5.78 Å². The van der Waals surface area contributed by atoms with E-state index in [0.29, 0.717) is 41.3 Å². The number of anilines is 1. The summed E-state index contributed by atoms with van der Waals surface area (Å²) in [6.07, 6.45) is 3.32. The molecule has 2 amide bonds. The van der Waals surface area contributed by atoms with Gasteiger partial charge in [-0.3, -0.25) is 14.5 Å². The molecule has 1 atom stereocenters. The lowest BCUT2D eigenvalue weighted by Gasteiger charge is -2.35. The highest BCUT2D eigenvalue weighted by Gasteiger charge is 2.34. The summed E-state index contributed by atoms with van der Waals surface area (Å²) >= 11 is 0. The van der Waals surface area contributed by atoms with Gasteiger partial charge >= 0.3 is 6.09 Å². The average molecular weight is 508 g/mol. The lowest BCUT2D eigenvalue weighted by Crippen LogP contribution is -2.42. The van der Waals surface area contributed by atoms with Crippen LogP contribution in [0, 0.1) is 5.82 Å². The zero-order chi connectivity index (χ0) is 26.7. The summed E-state index contributed by atoms with van der Waals surface area (Å²) < 4.78 is 19.0. The van der Waals surface area contributed by atoms with Crippen LogP contribution < -0.4 is 5.32 Å². The average Bonchev–Trinajstić information content (AvgIpc) is 3.29. The van der Waals surface area contributed by atoms with Gasteiger partial charge in [-0.2, -0.15) is 0 Å². The first-order valence-corrected chi connectivity index (χ1v) is 12.2. The van der Waals surface area contributed by atoms with Crippen molar-refractivity contribution in [2.24, 2.45) is 0 Å². The first-order valence-electron chi connectivity index (χ1n) is 12.2. The molecule has 1 aliphatic heterocycles. The lowest BCUT2D eigenvalue weighted by molar-refractivity contribution is 0.00853. The number of hydrogen-bond donors (Lipinski definition) is 2. The highest BCUT2D eigenvalue weighted by Crippen LogP contribution is 2.33. The van der Waals surface area contributed by atoms with Crippen molar-refractivity contribution >= 4 is 23.6 Å². The number of ether oxygens (including phenoxy) is 1. The van der Waals surface area contributed by atoms with E-state index in [0.717, 1.165) is 18.9 Å². The molecule has 2 aromatic heterocycles. The number of piperidine rings is 1. The predicted octanol–water partition coefficient (Wildman–Crippen LogP) is 5.53. The minimum Gasteiger partial charge on any atom is -0.444 e. The van der Waals surface area contributed by atoms with Gasteiger partial charge in [0, 0.05) is 36.9 Å². The van der Waals surface area contributed by atoms with Gasteiger partial charge in [0.2, 0.25) is 0 Å². The van der Waals surface area contributed by atoms with Gasteiger partial charge in [-0.15, -0.1) is 0 Å². The Balaban J connectivity index is 1.59. The van der Waals surface area contributed by atoms with E-state index in [-0.39, 0.29) is 17.6 Å². The first-order chi connectivity index (χ1) is 17.5. The molecule has 37 heavy (non-hydrogen) atoms. The molecule has 0 aliphatic carbocycles. The number of aromatic amines is 1. The maximum absolute atomic E-state index is 13.4. The van der Waals surface area contributed by atoms with Crippen molar-refractivity contribution in [1.82, 2.24) is 19.9 Å². The van der Waals surface area contributed by atoms with Gasteiger partial charge in [0.05, 0.1) is 11.7 Å². The van der Waals surface area contributed by atoms with Crippen LogP contribution in [-0.4, -0.2) is 49.8 Å². The molecule has 0 bridgehead atoms. The number of amides is 2. The number of carbonyl (C=O) groups is 3. The predicted molar refractivity (Wildman–Crippen MR) is 136 cm³/mol. The Hall–Kier alpha value is -4.08. The molecule has 0 unspecified atom stereocenters. The summed E-state index contributed by atoms with van der Waals surface area (Å²) in [4.78, 5) is 51.4. The Kier molecular flexibility index (Phi) is 7.37. The van der Waals surface area contributed by atoms with Crippen LogP contribution in [0.1, 0.15) is 79.7 Å². The van der Waals surface area contributed by atoms with Crippen molar-refractivity contribution in [2.75, 3.05) is 11.9 Å². The number of hydrogen-bond acceptors (Lipinski definition) is 6. The van der Waals surface area contributed by atoms with Gasteiger partial charge in [0.25, 0.3) is 5.91 Å². The number of aromatic nitrogens is 3. The van der Waals surface area contributed by atoms with E-state index in [4.69, 9.17) is 9.72 Å². The smallest absolute Gasteiger partial charge is 0.410 e. The van der Waals surface area contributed by atoms with Crippen molar-refractivity contribution in [3.8, 4) is 11.3 Å². The Morgan fingerprint density at radius 3 is 2.51 bits per heavy atom. The van der Waals surface area contributed by atoms with E-state index in [2.05, 4.69) is 15.3 Å². The fraction of sp³-hybridized carbons (Fsp3) is 0.370. The van der Waals surface area contributed by atoms with Crippen molar-refractivity contribution in [2.45, 2.75) is 58.6 Å². The van der Waals surface area contributed by atoms with Crippen LogP contribution >= 0.6 is 0 Å². The molecular weight excluding hydrogens is 477 g/mol. The second-order valence-electron chi connectivity index (χ2n) is 9.98. The SMILES string of the molecule is CC(=O)c1[nH]c([C@@H]2CCCCN2C(=O)OC(C)(C)C)nc1-c1ccc(C(=O)Nc2cc(F)ccn2)cc1. The third kappa shape index (κ3) is 6.19. The van der Waals surface area contributed by atoms with E-state index in [1.807, 2.05) is 20.8 Å². The molecule has 2 N–H and O–H groups in total. The Labute approximate surface area is 214 Å². The van der Waals surface area contributed by atoms with Crippen molar-refractivity contribution < 1.29 is 23.5 Å². The number of benzene rings is 1. The topological polar surface area (TPSA) is 117 Å². The van der Waals surface area contributed by atoms with Crippen LogP contribution in [0.25, 0.3) is 11.3 Å². The van der Waals surface area contributed by atoms with Gasteiger partial charge in [-0.25, -0.2) is 19.2 Å². The number of nitrogens with zero attached hydrogens (tertiary/aromatic N) is 3. The third-order valence-electron chi connectivity index (χ3n) is 5.90. The number of pyridine rings is 1. The summed E-state index contributed by atoms with van der Waals surface area (Å²) in [5, 5.41) is 2.55. The number of ketones is 1. The highest BCUT2D eigenvalue weighted by molar-refractivity contribution is 6.04. The number of carbonyl (C=O) groups excluding carboxylic acids is 3. The fourth-order valence-corrected chi connectivity index (χ4v) is 4.21. The third-order valence-corrected chi connectivity index (χ3v) is 5.90. The van der Waals surface area contributed by atoms with Gasteiger partial charge < -0.3 is 15.0 Å². The maximum Gasteiger partial charge on any atom is 0.410 e. The van der Waals surface area contributed by atoms with Crippen molar-refractivity contribution in [3.63, 3.8) is 0 Å². The molecule has 1 fully saturated rings. The summed E-state index contributed by atoms with van der Waals surface area (Å²) in [5.74, 6) is -0.534. The Morgan fingerprint density at radius 1 is 1.14 bits per heavy atom. The number of imidazole rings is 1. The molecule has 1 aliphatic rings. The van der Waals surface area contributed by atoms with Gasteiger partial charge in [-0.1, -0.05) is 12.1 Å². The number of H-pyrrole nitrogens is 1. The summed E-state index contributed by atoms with van der Waals surface area (Å²) in [6, 6.07) is 8.53. The van der Waals surface area contributed by atoms with E-state index >= 15 is 0 Å². The zero-order valence-electron chi connectivity index (χ0n) is 21.3. The van der Waals surface area contributed by atoms with Crippen LogP contribution in [0.2, 0.25) is 0 Å². The molecular formula is C27H30FN5O4. The summed E-state index contributed by atoms with van der Waals surface area (Å²) in [7, 11) is 0. The van der Waals surface area contributed by atoms with Gasteiger partial charge in [-0.05, 0) is 58.2 Å². The normalized spacial score (nSPS) is 15.8.